The third-order valence-corrected chi connectivity index (χ3v) is 2.73. The van der Waals surface area contributed by atoms with Gasteiger partial charge in [-0.2, -0.15) is 0 Å². The van der Waals surface area contributed by atoms with E-state index >= 15 is 0 Å². The molecular formula is C10H18N4O2. The zero-order valence-electron chi connectivity index (χ0n) is 9.54. The summed E-state index contributed by atoms with van der Waals surface area (Å²) in [7, 11) is 0. The number of nitrogens with zero attached hydrogens (tertiary/aromatic N) is 4. The summed E-state index contributed by atoms with van der Waals surface area (Å²) >= 11 is 0. The molecule has 1 N–H and O–H groups in total. The van der Waals surface area contributed by atoms with Crippen molar-refractivity contribution in [3.05, 3.63) is 11.9 Å². The molecule has 1 aliphatic rings. The summed E-state index contributed by atoms with van der Waals surface area (Å²) in [6.45, 7) is 7.05. The summed E-state index contributed by atoms with van der Waals surface area (Å²) in [6.07, 6.45) is 1.25. The van der Waals surface area contributed by atoms with Crippen molar-refractivity contribution in [3.63, 3.8) is 0 Å². The second-order valence-electron chi connectivity index (χ2n) is 4.04. The molecule has 16 heavy (non-hydrogen) atoms. The van der Waals surface area contributed by atoms with E-state index in [1.165, 1.54) is 0 Å². The molecule has 1 aliphatic heterocycles. The van der Waals surface area contributed by atoms with Crippen LogP contribution in [0, 0.1) is 0 Å². The van der Waals surface area contributed by atoms with E-state index < -0.39 is 6.10 Å². The van der Waals surface area contributed by atoms with E-state index in [-0.39, 0.29) is 0 Å². The molecule has 1 saturated heterocycles. The number of hydrogen-bond donors (Lipinski definition) is 1. The van der Waals surface area contributed by atoms with Gasteiger partial charge in [0.05, 0.1) is 32.1 Å². The van der Waals surface area contributed by atoms with Crippen LogP contribution in [0.4, 0.5) is 0 Å². The van der Waals surface area contributed by atoms with Gasteiger partial charge in [-0.05, 0) is 6.92 Å². The highest BCUT2D eigenvalue weighted by Gasteiger charge is 2.11. The summed E-state index contributed by atoms with van der Waals surface area (Å²) in [4.78, 5) is 2.34. The topological polar surface area (TPSA) is 63.4 Å². The molecule has 1 aromatic heterocycles. The molecule has 1 atom stereocenters. The Morgan fingerprint density at radius 3 is 2.81 bits per heavy atom. The predicted octanol–water partition coefficient (Wildman–Crippen LogP) is -0.336. The molecule has 1 fully saturated rings. The van der Waals surface area contributed by atoms with Crippen molar-refractivity contribution in [2.75, 3.05) is 32.8 Å². The SMILES string of the molecule is CC(O)c1cn(CCN2CCOCC2)nn1. The first kappa shape index (κ1) is 11.5. The molecule has 0 saturated carbocycles. The zero-order chi connectivity index (χ0) is 11.4. The number of aliphatic hydroxyl groups excluding tert-OH is 1. The van der Waals surface area contributed by atoms with Crippen molar-refractivity contribution in [1.29, 1.82) is 0 Å². The van der Waals surface area contributed by atoms with Crippen molar-refractivity contribution in [2.24, 2.45) is 0 Å². The molecule has 6 heteroatoms. The maximum Gasteiger partial charge on any atom is 0.111 e. The summed E-state index contributed by atoms with van der Waals surface area (Å²) in [6, 6.07) is 0. The Bertz CT molecular complexity index is 320. The van der Waals surface area contributed by atoms with Gasteiger partial charge in [-0.25, -0.2) is 0 Å². The van der Waals surface area contributed by atoms with Gasteiger partial charge in [0, 0.05) is 19.6 Å². The molecule has 90 valence electrons. The van der Waals surface area contributed by atoms with Gasteiger partial charge in [-0.3, -0.25) is 9.58 Å². The minimum atomic E-state index is -0.544. The van der Waals surface area contributed by atoms with E-state index in [9.17, 15) is 5.11 Å². The third-order valence-electron chi connectivity index (χ3n) is 2.73. The van der Waals surface area contributed by atoms with Crippen LogP contribution in [-0.4, -0.2) is 57.8 Å². The highest BCUT2D eigenvalue weighted by Crippen LogP contribution is 2.06. The zero-order valence-corrected chi connectivity index (χ0v) is 9.54. The Labute approximate surface area is 94.8 Å². The molecule has 0 aliphatic carbocycles. The van der Waals surface area contributed by atoms with Crippen molar-refractivity contribution < 1.29 is 9.84 Å². The van der Waals surface area contributed by atoms with Crippen LogP contribution in [-0.2, 0) is 11.3 Å². The Morgan fingerprint density at radius 1 is 1.44 bits per heavy atom. The highest BCUT2D eigenvalue weighted by molar-refractivity contribution is 4.95. The standard InChI is InChI=1S/C10H18N4O2/c1-9(15)10-8-14(12-11-10)3-2-13-4-6-16-7-5-13/h8-9,15H,2-7H2,1H3. The van der Waals surface area contributed by atoms with Crippen LogP contribution in [0.3, 0.4) is 0 Å². The van der Waals surface area contributed by atoms with Gasteiger partial charge in [-0.1, -0.05) is 5.21 Å². The molecule has 0 radical (unpaired) electrons. The van der Waals surface area contributed by atoms with Crippen LogP contribution >= 0.6 is 0 Å². The maximum atomic E-state index is 9.31. The lowest BCUT2D eigenvalue weighted by atomic mass is 10.3. The lowest BCUT2D eigenvalue weighted by Crippen LogP contribution is -2.38. The molecule has 0 aromatic carbocycles. The number of ether oxygens (including phenoxy) is 1. The van der Waals surface area contributed by atoms with Gasteiger partial charge in [0.15, 0.2) is 0 Å². The van der Waals surface area contributed by atoms with Gasteiger partial charge in [-0.15, -0.1) is 5.10 Å². The third kappa shape index (κ3) is 3.01. The van der Waals surface area contributed by atoms with E-state index in [1.54, 1.807) is 17.8 Å². The number of aliphatic hydroxyl groups is 1. The van der Waals surface area contributed by atoms with Crippen molar-refractivity contribution in [3.8, 4) is 0 Å². The molecule has 1 unspecified atom stereocenters. The fourth-order valence-electron chi connectivity index (χ4n) is 1.68. The molecule has 2 heterocycles. The summed E-state index contributed by atoms with van der Waals surface area (Å²) in [5, 5.41) is 17.2. The molecule has 0 spiro atoms. The minimum Gasteiger partial charge on any atom is -0.387 e. The average Bonchev–Trinajstić information content (AvgIpc) is 2.76. The first-order valence-electron chi connectivity index (χ1n) is 5.64. The van der Waals surface area contributed by atoms with E-state index in [4.69, 9.17) is 4.74 Å². The highest BCUT2D eigenvalue weighted by atomic mass is 16.5. The molecule has 0 bridgehead atoms. The lowest BCUT2D eigenvalue weighted by molar-refractivity contribution is 0.0359. The smallest absolute Gasteiger partial charge is 0.111 e. The second-order valence-corrected chi connectivity index (χ2v) is 4.04. The second kappa shape index (κ2) is 5.38. The maximum absolute atomic E-state index is 9.31. The largest absolute Gasteiger partial charge is 0.387 e. The Kier molecular flexibility index (Phi) is 3.87. The van der Waals surface area contributed by atoms with E-state index in [0.717, 1.165) is 39.4 Å². The van der Waals surface area contributed by atoms with Crippen LogP contribution in [0.5, 0.6) is 0 Å². The van der Waals surface area contributed by atoms with Gasteiger partial charge >= 0.3 is 0 Å². The van der Waals surface area contributed by atoms with Crippen molar-refractivity contribution in [2.45, 2.75) is 19.6 Å². The first-order chi connectivity index (χ1) is 7.75. The van der Waals surface area contributed by atoms with Crippen LogP contribution in [0.2, 0.25) is 0 Å². The minimum absolute atomic E-state index is 0.544. The summed E-state index contributed by atoms with van der Waals surface area (Å²) < 4.78 is 7.05. The van der Waals surface area contributed by atoms with Crippen LogP contribution in [0.1, 0.15) is 18.7 Å². The molecule has 2 rings (SSSR count). The quantitative estimate of drug-likeness (QED) is 0.761. The van der Waals surface area contributed by atoms with E-state index in [2.05, 4.69) is 15.2 Å². The number of morpholine rings is 1. The van der Waals surface area contributed by atoms with Crippen molar-refractivity contribution >= 4 is 0 Å². The fourth-order valence-corrected chi connectivity index (χ4v) is 1.68. The fraction of sp³-hybridized carbons (Fsp3) is 0.800. The summed E-state index contributed by atoms with van der Waals surface area (Å²) in [5.41, 5.74) is 0.627. The van der Waals surface area contributed by atoms with Gasteiger partial charge in [0.1, 0.15) is 5.69 Å². The van der Waals surface area contributed by atoms with Gasteiger partial charge < -0.3 is 9.84 Å². The molecular weight excluding hydrogens is 208 g/mol. The normalized spacial score (nSPS) is 19.9. The Balaban J connectivity index is 1.79. The summed E-state index contributed by atoms with van der Waals surface area (Å²) in [5.74, 6) is 0. The van der Waals surface area contributed by atoms with E-state index in [0.29, 0.717) is 5.69 Å². The predicted molar refractivity (Wildman–Crippen MR) is 57.9 cm³/mol. The number of hydrogen-bond acceptors (Lipinski definition) is 5. The molecule has 1 aromatic rings. The van der Waals surface area contributed by atoms with Crippen molar-refractivity contribution in [1.82, 2.24) is 19.9 Å². The van der Waals surface area contributed by atoms with Crippen LogP contribution in [0.15, 0.2) is 6.20 Å². The lowest BCUT2D eigenvalue weighted by Gasteiger charge is -2.26. The van der Waals surface area contributed by atoms with Gasteiger partial charge in [0.2, 0.25) is 0 Å². The number of aromatic nitrogens is 3. The monoisotopic (exact) mass is 226 g/mol. The van der Waals surface area contributed by atoms with E-state index in [1.807, 2.05) is 0 Å². The number of rotatable bonds is 4. The molecule has 6 nitrogen and oxygen atoms in total. The molecule has 0 amide bonds. The average molecular weight is 226 g/mol. The van der Waals surface area contributed by atoms with Crippen LogP contribution < -0.4 is 0 Å². The Hall–Kier alpha value is -0.980. The van der Waals surface area contributed by atoms with Gasteiger partial charge in [0.25, 0.3) is 0 Å². The first-order valence-corrected chi connectivity index (χ1v) is 5.64. The Morgan fingerprint density at radius 2 is 2.19 bits per heavy atom. The van der Waals surface area contributed by atoms with Crippen LogP contribution in [0.25, 0.3) is 0 Å².